The van der Waals surface area contributed by atoms with Crippen molar-refractivity contribution in [2.45, 2.75) is 24.7 Å². The predicted molar refractivity (Wildman–Crippen MR) is 105 cm³/mol. The number of halogens is 9. The molecule has 1 atom stereocenters. The van der Waals surface area contributed by atoms with Gasteiger partial charge in [-0.2, -0.15) is 31.8 Å². The van der Waals surface area contributed by atoms with Crippen LogP contribution in [-0.4, -0.2) is 18.3 Å². The van der Waals surface area contributed by atoms with Crippen LogP contribution in [0.2, 0.25) is 15.1 Å². The zero-order chi connectivity index (χ0) is 23.4. The first-order valence-corrected chi connectivity index (χ1v) is 9.41. The summed E-state index contributed by atoms with van der Waals surface area (Å²) in [7, 11) is 0. The van der Waals surface area contributed by atoms with Gasteiger partial charge in [-0.25, -0.2) is 0 Å². The van der Waals surface area contributed by atoms with E-state index in [1.165, 1.54) is 30.3 Å². The maximum atomic E-state index is 13.5. The second kappa shape index (κ2) is 10.0. The number of nitrogens with one attached hydrogen (secondary N) is 1. The Morgan fingerprint density at radius 3 is 2.03 bits per heavy atom. The lowest BCUT2D eigenvalue weighted by Crippen LogP contribution is -2.31. The molecule has 0 aliphatic carbocycles. The number of allylic oxidation sites excluding steroid dienone is 1. The van der Waals surface area contributed by atoms with Crippen molar-refractivity contribution in [3.8, 4) is 5.75 Å². The highest BCUT2D eigenvalue weighted by Gasteiger charge is 2.39. The molecule has 12 heteroatoms. The standard InChI is InChI=1S/C19H12Cl3F6NO2/c20-14-7-11(8-15(21)17(14)22)13(19(26,27)28)6-3-10-1-4-12(5-2-10)31-29-16(30)9-18(23,24)25/h1-8,13H,9H2,(H,29,30)/b6-3-. The van der Waals surface area contributed by atoms with Crippen LogP contribution in [-0.2, 0) is 4.79 Å². The minimum atomic E-state index is -4.68. The third kappa shape index (κ3) is 7.83. The maximum Gasteiger partial charge on any atom is 0.399 e. The van der Waals surface area contributed by atoms with E-state index in [9.17, 15) is 31.1 Å². The summed E-state index contributed by atoms with van der Waals surface area (Å²) in [5.41, 5.74) is 1.74. The molecule has 2 aromatic carbocycles. The maximum absolute atomic E-state index is 13.5. The number of carbonyl (C=O) groups excluding carboxylic acids is 1. The van der Waals surface area contributed by atoms with Gasteiger partial charge < -0.3 is 4.84 Å². The molecule has 31 heavy (non-hydrogen) atoms. The zero-order valence-electron chi connectivity index (χ0n) is 15.1. The summed E-state index contributed by atoms with van der Waals surface area (Å²) >= 11 is 17.4. The molecule has 2 aromatic rings. The van der Waals surface area contributed by atoms with E-state index in [0.29, 0.717) is 5.56 Å². The van der Waals surface area contributed by atoms with Crippen molar-refractivity contribution in [3.63, 3.8) is 0 Å². The van der Waals surface area contributed by atoms with Crippen molar-refractivity contribution in [2.24, 2.45) is 0 Å². The number of alkyl halides is 6. The summed E-state index contributed by atoms with van der Waals surface area (Å²) in [5.74, 6) is -3.45. The molecule has 0 spiro atoms. The zero-order valence-corrected chi connectivity index (χ0v) is 17.4. The molecule has 1 unspecified atom stereocenters. The highest BCUT2D eigenvalue weighted by atomic mass is 35.5. The fraction of sp³-hybridized carbons (Fsp3) is 0.211. The van der Waals surface area contributed by atoms with Gasteiger partial charge in [0.25, 0.3) is 5.91 Å². The molecular weight excluding hydrogens is 495 g/mol. The minimum Gasteiger partial charge on any atom is -0.380 e. The van der Waals surface area contributed by atoms with Gasteiger partial charge in [0, 0.05) is 0 Å². The second-order valence-corrected chi connectivity index (χ2v) is 7.36. The van der Waals surface area contributed by atoms with Crippen LogP contribution >= 0.6 is 34.8 Å². The monoisotopic (exact) mass is 505 g/mol. The lowest BCUT2D eigenvalue weighted by Gasteiger charge is -2.18. The summed E-state index contributed by atoms with van der Waals surface area (Å²) in [6.45, 7) is 0. The lowest BCUT2D eigenvalue weighted by molar-refractivity contribution is -0.158. The SMILES string of the molecule is O=C(CC(F)(F)F)NOc1ccc(/C=C\C(c2cc(Cl)c(Cl)c(Cl)c2)C(F)(F)F)cc1. The number of benzene rings is 2. The Hall–Kier alpha value is -2.10. The Kier molecular flexibility index (Phi) is 8.13. The molecule has 1 amide bonds. The van der Waals surface area contributed by atoms with Crippen molar-refractivity contribution in [1.29, 1.82) is 0 Å². The van der Waals surface area contributed by atoms with Gasteiger partial charge in [0.2, 0.25) is 0 Å². The van der Waals surface area contributed by atoms with Crippen LogP contribution in [0.4, 0.5) is 26.3 Å². The Morgan fingerprint density at radius 2 is 1.55 bits per heavy atom. The predicted octanol–water partition coefficient (Wildman–Crippen LogP) is 7.37. The summed E-state index contributed by atoms with van der Waals surface area (Å²) in [5, 5.41) is -0.309. The van der Waals surface area contributed by atoms with Crippen LogP contribution in [0.3, 0.4) is 0 Å². The summed E-state index contributed by atoms with van der Waals surface area (Å²) < 4.78 is 76.8. The quantitative estimate of drug-likeness (QED) is 0.252. The topological polar surface area (TPSA) is 38.3 Å². The third-order valence-corrected chi connectivity index (χ3v) is 4.92. The average molecular weight is 507 g/mol. The lowest BCUT2D eigenvalue weighted by atomic mass is 9.97. The van der Waals surface area contributed by atoms with Crippen molar-refractivity contribution in [1.82, 2.24) is 5.48 Å². The second-order valence-electron chi connectivity index (χ2n) is 6.17. The molecule has 1 N–H and O–H groups in total. The molecule has 168 valence electrons. The van der Waals surface area contributed by atoms with Crippen LogP contribution in [0.25, 0.3) is 6.08 Å². The van der Waals surface area contributed by atoms with Gasteiger partial charge in [-0.1, -0.05) is 59.1 Å². The number of carbonyl (C=O) groups is 1. The summed E-state index contributed by atoms with van der Waals surface area (Å²) in [4.78, 5) is 15.8. The van der Waals surface area contributed by atoms with Crippen LogP contribution in [0.5, 0.6) is 5.75 Å². The van der Waals surface area contributed by atoms with E-state index < -0.39 is 30.6 Å². The molecule has 0 saturated carbocycles. The van der Waals surface area contributed by atoms with E-state index >= 15 is 0 Å². The van der Waals surface area contributed by atoms with Gasteiger partial charge in [-0.3, -0.25) is 4.79 Å². The molecule has 0 heterocycles. The van der Waals surface area contributed by atoms with E-state index in [-0.39, 0.29) is 26.4 Å². The fourth-order valence-corrected chi connectivity index (χ4v) is 2.97. The van der Waals surface area contributed by atoms with E-state index in [0.717, 1.165) is 18.2 Å². The van der Waals surface area contributed by atoms with Crippen LogP contribution in [0, 0.1) is 0 Å². The Labute approximate surface area is 187 Å². The van der Waals surface area contributed by atoms with E-state index in [1.54, 1.807) is 5.48 Å². The first-order valence-electron chi connectivity index (χ1n) is 8.28. The number of hydrogen-bond donors (Lipinski definition) is 1. The molecule has 0 radical (unpaired) electrons. The minimum absolute atomic E-state index is 0.0173. The normalized spacial score (nSPS) is 13.3. The summed E-state index contributed by atoms with van der Waals surface area (Å²) in [6, 6.07) is 7.34. The molecule has 0 aliphatic heterocycles. The number of amides is 1. The molecule has 0 saturated heterocycles. The van der Waals surface area contributed by atoms with Gasteiger partial charge in [-0.15, -0.1) is 0 Å². The van der Waals surface area contributed by atoms with Crippen molar-refractivity contribution in [2.75, 3.05) is 0 Å². The molecule has 2 rings (SSSR count). The van der Waals surface area contributed by atoms with Crippen LogP contribution in [0.15, 0.2) is 42.5 Å². The third-order valence-electron chi connectivity index (χ3n) is 3.72. The first-order chi connectivity index (χ1) is 14.3. The van der Waals surface area contributed by atoms with Crippen molar-refractivity contribution < 1.29 is 36.0 Å². The smallest absolute Gasteiger partial charge is 0.380 e. The van der Waals surface area contributed by atoms with Crippen LogP contribution < -0.4 is 10.3 Å². The molecule has 0 aromatic heterocycles. The molecule has 0 aliphatic rings. The van der Waals surface area contributed by atoms with Gasteiger partial charge >= 0.3 is 12.4 Å². The Bertz CT molecular complexity index is 936. The number of hydroxylamine groups is 1. The fourth-order valence-electron chi connectivity index (χ4n) is 2.35. The highest BCUT2D eigenvalue weighted by Crippen LogP contribution is 2.41. The van der Waals surface area contributed by atoms with Gasteiger partial charge in [0.1, 0.15) is 6.42 Å². The molecule has 3 nitrogen and oxygen atoms in total. The van der Waals surface area contributed by atoms with Crippen molar-refractivity contribution >= 4 is 46.8 Å². The largest absolute Gasteiger partial charge is 0.399 e. The van der Waals surface area contributed by atoms with Gasteiger partial charge in [-0.05, 0) is 35.4 Å². The molecular formula is C19H12Cl3F6NO2. The highest BCUT2D eigenvalue weighted by molar-refractivity contribution is 6.48. The van der Waals surface area contributed by atoms with Gasteiger partial charge in [0.05, 0.1) is 21.0 Å². The van der Waals surface area contributed by atoms with E-state index in [2.05, 4.69) is 0 Å². The summed E-state index contributed by atoms with van der Waals surface area (Å²) in [6.07, 6.45) is -8.98. The van der Waals surface area contributed by atoms with Gasteiger partial charge in [0.15, 0.2) is 5.75 Å². The number of hydrogen-bond acceptors (Lipinski definition) is 2. The first kappa shape index (κ1) is 25.2. The van der Waals surface area contributed by atoms with Crippen molar-refractivity contribution in [3.05, 3.63) is 68.7 Å². The molecule has 0 fully saturated rings. The Morgan fingerprint density at radius 1 is 1.00 bits per heavy atom. The van der Waals surface area contributed by atoms with E-state index in [1.807, 2.05) is 0 Å². The molecule has 0 bridgehead atoms. The van der Waals surface area contributed by atoms with E-state index in [4.69, 9.17) is 39.6 Å². The average Bonchev–Trinajstić information content (AvgIpc) is 2.63. The van der Waals surface area contributed by atoms with Crippen LogP contribution in [0.1, 0.15) is 23.5 Å². The number of rotatable bonds is 6. The Balaban J connectivity index is 2.12.